The molecule has 0 unspecified atom stereocenters. The highest BCUT2D eigenvalue weighted by atomic mass is 35.5. The molecular weight excluding hydrogens is 230 g/mol. The van der Waals surface area contributed by atoms with Gasteiger partial charge in [0.15, 0.2) is 5.82 Å². The van der Waals surface area contributed by atoms with E-state index in [9.17, 15) is 0 Å². The molecule has 0 fully saturated rings. The second kappa shape index (κ2) is 4.96. The molecule has 0 aliphatic carbocycles. The van der Waals surface area contributed by atoms with Crippen molar-refractivity contribution in [2.24, 2.45) is 0 Å². The zero-order valence-corrected chi connectivity index (χ0v) is 9.11. The molecule has 2 rings (SSSR count). The Morgan fingerprint density at radius 3 is 2.62 bits per heavy atom. The lowest BCUT2D eigenvalue weighted by atomic mass is 10.2. The molecule has 1 aromatic heterocycles. The van der Waals surface area contributed by atoms with Crippen LogP contribution < -0.4 is 5.32 Å². The van der Waals surface area contributed by atoms with E-state index in [0.29, 0.717) is 23.9 Å². The number of nitrogens with zero attached hydrogens (tertiary/aromatic N) is 2. The maximum atomic E-state index is 8.82. The number of halogens is 1. The monoisotopic (exact) mass is 239 g/mol. The second-order valence-corrected chi connectivity index (χ2v) is 3.66. The van der Waals surface area contributed by atoms with Gasteiger partial charge in [0.2, 0.25) is 0 Å². The van der Waals surface area contributed by atoms with Crippen molar-refractivity contribution in [1.29, 1.82) is 0 Å². The molecule has 0 radical (unpaired) electrons. The average Bonchev–Trinajstić information content (AvgIpc) is 2.67. The Balaban J connectivity index is 1.82. The molecule has 2 N–H and O–H groups in total. The lowest BCUT2D eigenvalue weighted by Gasteiger charge is -2.01. The van der Waals surface area contributed by atoms with Crippen molar-refractivity contribution in [2.75, 3.05) is 0 Å². The minimum atomic E-state index is -0.414. The lowest BCUT2D eigenvalue weighted by molar-refractivity contribution is 0.266. The summed E-state index contributed by atoms with van der Waals surface area (Å²) in [6.45, 7) is 1.11. The molecule has 0 spiro atoms. The van der Waals surface area contributed by atoms with Crippen molar-refractivity contribution < 1.29 is 9.63 Å². The number of benzene rings is 1. The first kappa shape index (κ1) is 10.9. The first-order valence-electron chi connectivity index (χ1n) is 4.71. The first-order chi connectivity index (χ1) is 7.74. The first-order valence-corrected chi connectivity index (χ1v) is 5.08. The van der Waals surface area contributed by atoms with Gasteiger partial charge in [-0.2, -0.15) is 4.98 Å². The molecular formula is C10H10ClN3O2. The lowest BCUT2D eigenvalue weighted by Crippen LogP contribution is -2.13. The number of rotatable bonds is 4. The van der Waals surface area contributed by atoms with Crippen LogP contribution in [0.25, 0.3) is 0 Å². The minimum Gasteiger partial charge on any atom is -0.464 e. The van der Waals surface area contributed by atoms with Crippen LogP contribution in [0.4, 0.5) is 0 Å². The molecule has 0 aliphatic heterocycles. The molecule has 6 heteroatoms. The molecule has 0 atom stereocenters. The Morgan fingerprint density at radius 1 is 1.25 bits per heavy atom. The fraction of sp³-hybridized carbons (Fsp3) is 0.200. The van der Waals surface area contributed by atoms with Crippen LogP contribution in [0.1, 0.15) is 11.4 Å². The van der Waals surface area contributed by atoms with Gasteiger partial charge in [-0.25, -0.2) is 0 Å². The largest absolute Gasteiger partial charge is 0.464 e. The van der Waals surface area contributed by atoms with Gasteiger partial charge in [0.1, 0.15) is 0 Å². The van der Waals surface area contributed by atoms with Crippen LogP contribution in [-0.2, 0) is 13.1 Å². The zero-order chi connectivity index (χ0) is 11.4. The van der Waals surface area contributed by atoms with Crippen LogP contribution in [0.2, 0.25) is 5.02 Å². The van der Waals surface area contributed by atoms with E-state index in [1.54, 1.807) is 0 Å². The van der Waals surface area contributed by atoms with Crippen LogP contribution in [0, 0.1) is 0 Å². The Kier molecular flexibility index (Phi) is 3.38. The summed E-state index contributed by atoms with van der Waals surface area (Å²) in [5.74, 6) is 0.423. The number of hydrogen-bond acceptors (Lipinski definition) is 5. The van der Waals surface area contributed by atoms with Crippen molar-refractivity contribution in [3.63, 3.8) is 0 Å². The van der Waals surface area contributed by atoms with Crippen molar-refractivity contribution in [1.82, 2.24) is 15.5 Å². The normalized spacial score (nSPS) is 10.6. The third-order valence-electron chi connectivity index (χ3n) is 1.98. The van der Waals surface area contributed by atoms with Gasteiger partial charge in [-0.3, -0.25) is 4.52 Å². The molecule has 0 saturated heterocycles. The van der Waals surface area contributed by atoms with Gasteiger partial charge in [-0.1, -0.05) is 28.9 Å². The summed E-state index contributed by atoms with van der Waals surface area (Å²) in [4.78, 5) is 3.65. The summed E-state index contributed by atoms with van der Waals surface area (Å²) in [7, 11) is 0. The maximum absolute atomic E-state index is 8.82. The van der Waals surface area contributed by atoms with Gasteiger partial charge in [-0.05, 0) is 17.7 Å². The van der Waals surface area contributed by atoms with Gasteiger partial charge in [0, 0.05) is 11.6 Å². The average molecular weight is 240 g/mol. The van der Waals surface area contributed by atoms with Gasteiger partial charge < -0.3 is 10.4 Å². The van der Waals surface area contributed by atoms with E-state index in [2.05, 4.69) is 20.0 Å². The van der Waals surface area contributed by atoms with Gasteiger partial charge >= 0.3 is 6.08 Å². The molecule has 0 saturated carbocycles. The fourth-order valence-electron chi connectivity index (χ4n) is 1.24. The third kappa shape index (κ3) is 2.95. The Bertz CT molecular complexity index is 455. The van der Waals surface area contributed by atoms with Crippen LogP contribution in [0.3, 0.4) is 0 Å². The Labute approximate surface area is 97.1 Å². The number of aromatic nitrogens is 2. The molecule has 16 heavy (non-hydrogen) atoms. The van der Waals surface area contributed by atoms with Crippen LogP contribution in [0.15, 0.2) is 28.8 Å². The third-order valence-corrected chi connectivity index (χ3v) is 2.23. The molecule has 5 nitrogen and oxygen atoms in total. The van der Waals surface area contributed by atoms with E-state index in [4.69, 9.17) is 16.7 Å². The smallest absolute Gasteiger partial charge is 0.414 e. The Hall–Kier alpha value is -1.59. The fourth-order valence-corrected chi connectivity index (χ4v) is 1.36. The van der Waals surface area contributed by atoms with Crippen LogP contribution in [0.5, 0.6) is 6.08 Å². The standard InChI is InChI=1S/C10H10ClN3O2/c11-8-3-1-7(2-4-8)5-12-6-9-13-10(15)16-14-9/h1-4,12H,5-6H2,(H,13,14,15). The van der Waals surface area contributed by atoms with E-state index < -0.39 is 6.08 Å². The van der Waals surface area contributed by atoms with Crippen molar-refractivity contribution in [3.8, 4) is 6.08 Å². The summed E-state index contributed by atoms with van der Waals surface area (Å²) in [5.41, 5.74) is 1.11. The predicted molar refractivity (Wildman–Crippen MR) is 58.0 cm³/mol. The summed E-state index contributed by atoms with van der Waals surface area (Å²) >= 11 is 5.76. The van der Waals surface area contributed by atoms with E-state index >= 15 is 0 Å². The maximum Gasteiger partial charge on any atom is 0.414 e. The van der Waals surface area contributed by atoms with E-state index in [1.807, 2.05) is 24.3 Å². The summed E-state index contributed by atoms with van der Waals surface area (Å²) < 4.78 is 4.42. The van der Waals surface area contributed by atoms with Crippen molar-refractivity contribution >= 4 is 11.6 Å². The number of hydrogen-bond donors (Lipinski definition) is 2. The number of aromatic hydroxyl groups is 1. The highest BCUT2D eigenvalue weighted by Gasteiger charge is 2.02. The molecule has 1 aromatic carbocycles. The van der Waals surface area contributed by atoms with Gasteiger partial charge in [0.25, 0.3) is 0 Å². The van der Waals surface area contributed by atoms with Crippen LogP contribution >= 0.6 is 11.6 Å². The van der Waals surface area contributed by atoms with E-state index in [0.717, 1.165) is 5.56 Å². The van der Waals surface area contributed by atoms with E-state index in [-0.39, 0.29) is 0 Å². The topological polar surface area (TPSA) is 71.2 Å². The molecule has 1 heterocycles. The summed E-state index contributed by atoms with van der Waals surface area (Å²) in [6.07, 6.45) is -0.414. The SMILES string of the molecule is Oc1nc(CNCc2ccc(Cl)cc2)no1. The minimum absolute atomic E-state index is 0.414. The second-order valence-electron chi connectivity index (χ2n) is 3.22. The van der Waals surface area contributed by atoms with Crippen molar-refractivity contribution in [2.45, 2.75) is 13.1 Å². The predicted octanol–water partition coefficient (Wildman–Crippen LogP) is 1.72. The molecule has 0 aliphatic rings. The van der Waals surface area contributed by atoms with Gasteiger partial charge in [0.05, 0.1) is 6.54 Å². The molecule has 0 bridgehead atoms. The summed E-state index contributed by atoms with van der Waals surface area (Å²) in [5, 5.41) is 16.2. The molecule has 2 aromatic rings. The van der Waals surface area contributed by atoms with Crippen LogP contribution in [-0.4, -0.2) is 15.2 Å². The quantitative estimate of drug-likeness (QED) is 0.850. The Morgan fingerprint density at radius 2 is 2.00 bits per heavy atom. The highest BCUT2D eigenvalue weighted by Crippen LogP contribution is 2.09. The summed E-state index contributed by atoms with van der Waals surface area (Å²) in [6, 6.07) is 7.53. The number of nitrogens with one attached hydrogen (secondary N) is 1. The zero-order valence-electron chi connectivity index (χ0n) is 8.35. The van der Waals surface area contributed by atoms with Gasteiger partial charge in [-0.15, -0.1) is 0 Å². The molecule has 0 amide bonds. The van der Waals surface area contributed by atoms with E-state index in [1.165, 1.54) is 0 Å². The highest BCUT2D eigenvalue weighted by molar-refractivity contribution is 6.30. The van der Waals surface area contributed by atoms with Crippen molar-refractivity contribution in [3.05, 3.63) is 40.7 Å². The molecule has 84 valence electrons.